The molecule has 2 aromatic rings. The first kappa shape index (κ1) is 13.1. The maximum atomic E-state index is 5.74. The van der Waals surface area contributed by atoms with Gasteiger partial charge in [0.05, 0.1) is 18.1 Å². The van der Waals surface area contributed by atoms with Gasteiger partial charge in [-0.15, -0.1) is 0 Å². The summed E-state index contributed by atoms with van der Waals surface area (Å²) in [7, 11) is 4.05. The number of benzene rings is 1. The average Bonchev–Trinajstić information content (AvgIpc) is 2.66. The van der Waals surface area contributed by atoms with Crippen LogP contribution in [-0.2, 0) is 0 Å². The van der Waals surface area contributed by atoms with Gasteiger partial charge in [-0.3, -0.25) is 0 Å². The molecule has 19 heavy (non-hydrogen) atoms. The van der Waals surface area contributed by atoms with Gasteiger partial charge in [-0.25, -0.2) is 9.66 Å². The monoisotopic (exact) mass is 257 g/mol. The van der Waals surface area contributed by atoms with E-state index in [0.717, 1.165) is 11.3 Å². The first-order valence-corrected chi connectivity index (χ1v) is 6.11. The number of nitrogens with zero attached hydrogens (tertiary/aromatic N) is 4. The van der Waals surface area contributed by atoms with Crippen molar-refractivity contribution in [3.05, 3.63) is 41.2 Å². The number of imidazole rings is 1. The molecule has 100 valence electrons. The minimum Gasteiger partial charge on any atom is -0.378 e. The molecule has 0 amide bonds. The number of aromatic nitrogens is 2. The molecule has 0 aliphatic carbocycles. The second kappa shape index (κ2) is 5.14. The zero-order valence-corrected chi connectivity index (χ0v) is 11.8. The summed E-state index contributed by atoms with van der Waals surface area (Å²) in [5, 5.41) is 4.32. The Hall–Kier alpha value is -2.30. The fraction of sp³-hybridized carbons (Fsp3) is 0.286. The third kappa shape index (κ3) is 2.93. The minimum absolute atomic E-state index is 0.399. The standard InChI is InChI=1S/C14H19N5/c1-10-7-13(18(3)4)6-5-12(10)8-16-19-9-11(2)17-14(19)15/h5-9H,1-4H3,(H2,15,17). The summed E-state index contributed by atoms with van der Waals surface area (Å²) >= 11 is 0. The predicted molar refractivity (Wildman–Crippen MR) is 79.9 cm³/mol. The van der Waals surface area contributed by atoms with E-state index in [4.69, 9.17) is 5.73 Å². The van der Waals surface area contributed by atoms with Crippen LogP contribution in [-0.4, -0.2) is 30.0 Å². The van der Waals surface area contributed by atoms with Crippen molar-refractivity contribution in [2.45, 2.75) is 13.8 Å². The largest absolute Gasteiger partial charge is 0.378 e. The molecule has 1 heterocycles. The summed E-state index contributed by atoms with van der Waals surface area (Å²) in [4.78, 5) is 6.18. The summed E-state index contributed by atoms with van der Waals surface area (Å²) < 4.78 is 1.58. The predicted octanol–water partition coefficient (Wildman–Crippen LogP) is 2.03. The summed E-state index contributed by atoms with van der Waals surface area (Å²) in [6.45, 7) is 3.95. The molecule has 0 radical (unpaired) electrons. The molecule has 2 N–H and O–H groups in total. The molecule has 2 rings (SSSR count). The van der Waals surface area contributed by atoms with Crippen LogP contribution >= 0.6 is 0 Å². The van der Waals surface area contributed by atoms with Gasteiger partial charge in [0.1, 0.15) is 0 Å². The summed E-state index contributed by atoms with van der Waals surface area (Å²) in [6, 6.07) is 6.24. The zero-order chi connectivity index (χ0) is 14.0. The number of nitrogen functional groups attached to an aromatic ring is 1. The highest BCUT2D eigenvalue weighted by atomic mass is 15.4. The van der Waals surface area contributed by atoms with Crippen LogP contribution in [0.25, 0.3) is 0 Å². The molecular formula is C14H19N5. The Morgan fingerprint density at radius 2 is 2.05 bits per heavy atom. The van der Waals surface area contributed by atoms with Crippen molar-refractivity contribution >= 4 is 17.9 Å². The molecule has 1 aromatic carbocycles. The van der Waals surface area contributed by atoms with Gasteiger partial charge in [-0.05, 0) is 37.1 Å². The van der Waals surface area contributed by atoms with Gasteiger partial charge >= 0.3 is 0 Å². The molecule has 0 bridgehead atoms. The third-order valence-electron chi connectivity index (χ3n) is 2.93. The fourth-order valence-corrected chi connectivity index (χ4v) is 1.80. The van der Waals surface area contributed by atoms with Gasteiger partial charge in [0, 0.05) is 19.8 Å². The van der Waals surface area contributed by atoms with E-state index in [1.807, 2.05) is 27.1 Å². The van der Waals surface area contributed by atoms with E-state index in [-0.39, 0.29) is 0 Å². The first-order chi connectivity index (χ1) is 8.97. The second-order valence-corrected chi connectivity index (χ2v) is 4.76. The number of rotatable bonds is 3. The van der Waals surface area contributed by atoms with E-state index in [1.165, 1.54) is 11.3 Å². The number of aryl methyl sites for hydroxylation is 2. The number of anilines is 2. The highest BCUT2D eigenvalue weighted by Crippen LogP contribution is 2.16. The molecule has 0 unspecified atom stereocenters. The number of hydrogen-bond donors (Lipinski definition) is 1. The highest BCUT2D eigenvalue weighted by Gasteiger charge is 2.01. The van der Waals surface area contributed by atoms with Crippen molar-refractivity contribution in [3.8, 4) is 0 Å². The van der Waals surface area contributed by atoms with E-state index in [0.29, 0.717) is 5.95 Å². The summed E-state index contributed by atoms with van der Waals surface area (Å²) in [5.74, 6) is 0.399. The lowest BCUT2D eigenvalue weighted by molar-refractivity contribution is 0.896. The Balaban J connectivity index is 2.26. The Bertz CT molecular complexity index is 610. The van der Waals surface area contributed by atoms with Crippen LogP contribution in [0.3, 0.4) is 0 Å². The molecule has 0 atom stereocenters. The van der Waals surface area contributed by atoms with E-state index >= 15 is 0 Å². The van der Waals surface area contributed by atoms with Gasteiger partial charge in [0.15, 0.2) is 0 Å². The molecule has 0 aliphatic rings. The Kier molecular flexibility index (Phi) is 3.55. The zero-order valence-electron chi connectivity index (χ0n) is 11.8. The lowest BCUT2D eigenvalue weighted by Gasteiger charge is -2.13. The van der Waals surface area contributed by atoms with Crippen molar-refractivity contribution in [1.82, 2.24) is 9.66 Å². The lowest BCUT2D eigenvalue weighted by Crippen LogP contribution is -2.09. The van der Waals surface area contributed by atoms with Crippen molar-refractivity contribution < 1.29 is 0 Å². The molecule has 1 aromatic heterocycles. The van der Waals surface area contributed by atoms with Crippen LogP contribution in [0.2, 0.25) is 0 Å². The van der Waals surface area contributed by atoms with Crippen molar-refractivity contribution in [2.75, 3.05) is 24.7 Å². The Morgan fingerprint density at radius 3 is 2.58 bits per heavy atom. The lowest BCUT2D eigenvalue weighted by atomic mass is 10.1. The second-order valence-electron chi connectivity index (χ2n) is 4.76. The van der Waals surface area contributed by atoms with Crippen LogP contribution in [0, 0.1) is 13.8 Å². The maximum Gasteiger partial charge on any atom is 0.221 e. The van der Waals surface area contributed by atoms with Crippen molar-refractivity contribution in [3.63, 3.8) is 0 Å². The first-order valence-electron chi connectivity index (χ1n) is 6.11. The van der Waals surface area contributed by atoms with Gasteiger partial charge in [-0.1, -0.05) is 6.07 Å². The highest BCUT2D eigenvalue weighted by molar-refractivity contribution is 5.82. The van der Waals surface area contributed by atoms with Gasteiger partial charge in [0.2, 0.25) is 5.95 Å². The molecule has 5 nitrogen and oxygen atoms in total. The van der Waals surface area contributed by atoms with E-state index in [1.54, 1.807) is 17.1 Å². The quantitative estimate of drug-likeness (QED) is 0.856. The van der Waals surface area contributed by atoms with E-state index in [9.17, 15) is 0 Å². The summed E-state index contributed by atoms with van der Waals surface area (Å²) in [5.41, 5.74) is 10.0. The van der Waals surface area contributed by atoms with Crippen LogP contribution < -0.4 is 10.6 Å². The minimum atomic E-state index is 0.399. The normalized spacial score (nSPS) is 11.2. The third-order valence-corrected chi connectivity index (χ3v) is 2.93. The number of hydrogen-bond acceptors (Lipinski definition) is 4. The van der Waals surface area contributed by atoms with Crippen molar-refractivity contribution in [2.24, 2.45) is 5.10 Å². The van der Waals surface area contributed by atoms with Crippen LogP contribution in [0.5, 0.6) is 0 Å². The number of nitrogens with two attached hydrogens (primary N) is 1. The molecule has 0 saturated carbocycles. The molecule has 0 fully saturated rings. The van der Waals surface area contributed by atoms with Crippen LogP contribution in [0.1, 0.15) is 16.8 Å². The van der Waals surface area contributed by atoms with E-state index < -0.39 is 0 Å². The molecule has 0 aliphatic heterocycles. The van der Waals surface area contributed by atoms with Crippen LogP contribution in [0.4, 0.5) is 11.6 Å². The SMILES string of the molecule is Cc1cn(N=Cc2ccc(N(C)C)cc2C)c(N)n1. The fourth-order valence-electron chi connectivity index (χ4n) is 1.80. The molecular weight excluding hydrogens is 238 g/mol. The van der Waals surface area contributed by atoms with Gasteiger partial charge < -0.3 is 10.6 Å². The molecule has 0 saturated heterocycles. The smallest absolute Gasteiger partial charge is 0.221 e. The maximum absolute atomic E-state index is 5.74. The molecule has 5 heteroatoms. The summed E-state index contributed by atoms with van der Waals surface area (Å²) in [6.07, 6.45) is 3.60. The Morgan fingerprint density at radius 1 is 1.32 bits per heavy atom. The average molecular weight is 257 g/mol. The Labute approximate surface area is 113 Å². The van der Waals surface area contributed by atoms with Crippen LogP contribution in [0.15, 0.2) is 29.5 Å². The topological polar surface area (TPSA) is 59.4 Å². The van der Waals surface area contributed by atoms with Crippen molar-refractivity contribution in [1.29, 1.82) is 0 Å². The molecule has 0 spiro atoms. The van der Waals surface area contributed by atoms with E-state index in [2.05, 4.69) is 34.0 Å². The van der Waals surface area contributed by atoms with Gasteiger partial charge in [0.25, 0.3) is 0 Å². The van der Waals surface area contributed by atoms with Gasteiger partial charge in [-0.2, -0.15) is 5.10 Å².